The minimum Gasteiger partial charge on any atom is -0.339 e. The van der Waals surface area contributed by atoms with Gasteiger partial charge in [-0.05, 0) is 50.8 Å². The Balaban J connectivity index is 1.59. The van der Waals surface area contributed by atoms with Gasteiger partial charge in [-0.2, -0.15) is 4.99 Å². The van der Waals surface area contributed by atoms with Gasteiger partial charge >= 0.3 is 0 Å². The van der Waals surface area contributed by atoms with Crippen LogP contribution in [0.5, 0.6) is 0 Å². The molecule has 0 aliphatic carbocycles. The van der Waals surface area contributed by atoms with Crippen LogP contribution in [0.15, 0.2) is 23.2 Å². The van der Waals surface area contributed by atoms with Crippen LogP contribution in [0.4, 0.5) is 0 Å². The monoisotopic (exact) mass is 391 g/mol. The normalized spacial score (nSPS) is 18.5. The zero-order chi connectivity index (χ0) is 18.7. The topological polar surface area (TPSA) is 54.7 Å². The summed E-state index contributed by atoms with van der Waals surface area (Å²) >= 11 is 2.88. The van der Waals surface area contributed by atoms with Crippen LogP contribution >= 0.6 is 23.1 Å². The van der Waals surface area contributed by atoms with Crippen molar-refractivity contribution in [2.45, 2.75) is 39.2 Å². The van der Waals surface area contributed by atoms with E-state index in [1.54, 1.807) is 0 Å². The molecule has 0 N–H and O–H groups in total. The molecule has 5 nitrogen and oxygen atoms in total. The number of aromatic nitrogens is 1. The summed E-state index contributed by atoms with van der Waals surface area (Å²) in [4.78, 5) is 31.4. The fourth-order valence-electron chi connectivity index (χ4n) is 3.26. The maximum absolute atomic E-state index is 12.3. The van der Waals surface area contributed by atoms with E-state index in [1.807, 2.05) is 16.5 Å². The van der Waals surface area contributed by atoms with Crippen molar-refractivity contribution in [3.05, 3.63) is 28.6 Å². The van der Waals surface area contributed by atoms with Crippen molar-refractivity contribution in [1.29, 1.82) is 0 Å². The van der Waals surface area contributed by atoms with Gasteiger partial charge in [-0.1, -0.05) is 17.4 Å². The lowest BCUT2D eigenvalue weighted by atomic mass is 10.0. The van der Waals surface area contributed by atoms with Crippen LogP contribution in [-0.2, 0) is 16.6 Å². The van der Waals surface area contributed by atoms with Crippen molar-refractivity contribution >= 4 is 45.1 Å². The van der Waals surface area contributed by atoms with Crippen molar-refractivity contribution in [3.8, 4) is 0 Å². The highest BCUT2D eigenvalue weighted by Gasteiger charge is 2.22. The van der Waals surface area contributed by atoms with E-state index in [-0.39, 0.29) is 17.6 Å². The third kappa shape index (κ3) is 4.38. The Kier molecular flexibility index (Phi) is 6.19. The number of hydrogen-bond donors (Lipinski definition) is 0. The highest BCUT2D eigenvalue weighted by molar-refractivity contribution is 8.00. The van der Waals surface area contributed by atoms with E-state index in [2.05, 4.69) is 37.0 Å². The van der Waals surface area contributed by atoms with Crippen LogP contribution in [-0.4, -0.2) is 45.4 Å². The van der Waals surface area contributed by atoms with Crippen molar-refractivity contribution in [2.24, 2.45) is 12.0 Å². The molecular formula is C19H25N3O2S2. The van der Waals surface area contributed by atoms with Gasteiger partial charge in [-0.25, -0.2) is 0 Å². The highest BCUT2D eigenvalue weighted by Crippen LogP contribution is 2.19. The molecule has 2 heterocycles. The number of hydrogen-bond acceptors (Lipinski definition) is 4. The molecule has 0 unspecified atom stereocenters. The Morgan fingerprint density at radius 3 is 2.88 bits per heavy atom. The molecule has 0 spiro atoms. The maximum Gasteiger partial charge on any atom is 0.258 e. The molecular weight excluding hydrogens is 366 g/mol. The van der Waals surface area contributed by atoms with E-state index in [4.69, 9.17) is 0 Å². The van der Waals surface area contributed by atoms with Crippen molar-refractivity contribution < 1.29 is 9.59 Å². The van der Waals surface area contributed by atoms with E-state index in [9.17, 15) is 9.59 Å². The van der Waals surface area contributed by atoms with E-state index in [0.717, 1.165) is 29.6 Å². The number of likely N-dealkylation sites (tertiary alicyclic amines) is 1. The molecule has 140 valence electrons. The molecule has 0 radical (unpaired) electrons. The minimum absolute atomic E-state index is 0.137. The molecule has 1 atom stereocenters. The van der Waals surface area contributed by atoms with E-state index >= 15 is 0 Å². The lowest BCUT2D eigenvalue weighted by molar-refractivity contribution is -0.131. The third-order valence-electron chi connectivity index (χ3n) is 4.76. The highest BCUT2D eigenvalue weighted by atomic mass is 32.2. The van der Waals surface area contributed by atoms with Crippen LogP contribution in [0.2, 0.25) is 0 Å². The number of piperidine rings is 1. The lowest BCUT2D eigenvalue weighted by Gasteiger charge is -2.33. The third-order valence-corrected chi connectivity index (χ3v) is 6.76. The summed E-state index contributed by atoms with van der Waals surface area (Å²) < 4.78 is 3.07. The average molecular weight is 392 g/mol. The van der Waals surface area contributed by atoms with Crippen molar-refractivity contribution in [2.75, 3.05) is 18.1 Å². The number of nitrogens with zero attached hydrogens (tertiary/aromatic N) is 3. The van der Waals surface area contributed by atoms with Crippen LogP contribution in [0.25, 0.3) is 10.2 Å². The lowest BCUT2D eigenvalue weighted by Crippen LogP contribution is -2.43. The van der Waals surface area contributed by atoms with Crippen LogP contribution in [0.1, 0.15) is 31.7 Å². The number of thiazole rings is 1. The smallest absolute Gasteiger partial charge is 0.258 e. The van der Waals surface area contributed by atoms with Gasteiger partial charge in [0.1, 0.15) is 0 Å². The quantitative estimate of drug-likeness (QED) is 0.805. The summed E-state index contributed by atoms with van der Waals surface area (Å²) in [6.45, 7) is 5.00. The predicted molar refractivity (Wildman–Crippen MR) is 108 cm³/mol. The first kappa shape index (κ1) is 19.2. The Labute approximate surface area is 162 Å². The molecule has 7 heteroatoms. The van der Waals surface area contributed by atoms with Gasteiger partial charge in [0.2, 0.25) is 5.91 Å². The van der Waals surface area contributed by atoms with Gasteiger partial charge in [0.05, 0.1) is 21.7 Å². The molecule has 26 heavy (non-hydrogen) atoms. The fraction of sp³-hybridized carbons (Fsp3) is 0.526. The number of amides is 2. The van der Waals surface area contributed by atoms with Gasteiger partial charge in [0.25, 0.3) is 5.91 Å². The summed E-state index contributed by atoms with van der Waals surface area (Å²) in [5, 5.41) is 0. The second-order valence-electron chi connectivity index (χ2n) is 6.85. The van der Waals surface area contributed by atoms with E-state index in [0.29, 0.717) is 16.6 Å². The van der Waals surface area contributed by atoms with Gasteiger partial charge in [-0.15, -0.1) is 11.8 Å². The Morgan fingerprint density at radius 1 is 1.31 bits per heavy atom. The number of rotatable bonds is 4. The molecule has 0 bridgehead atoms. The molecule has 1 aliphatic rings. The number of aryl methyl sites for hydroxylation is 2. The summed E-state index contributed by atoms with van der Waals surface area (Å²) in [6.07, 6.45) is 3.35. The standard InChI is InChI=1S/C19H25N3O2S2/c1-13-7-8-15-16(10-13)26-19(21(15)3)20-17(23)11-25-12-18(24)22-9-5-4-6-14(22)2/h7-8,10,14H,4-6,9,11-12H2,1-3H3/t14-/m0/s1. The first-order valence-corrected chi connectivity index (χ1v) is 10.9. The van der Waals surface area contributed by atoms with Crippen LogP contribution in [0.3, 0.4) is 0 Å². The van der Waals surface area contributed by atoms with E-state index in [1.165, 1.54) is 35.1 Å². The molecule has 3 rings (SSSR count). The van der Waals surface area contributed by atoms with Gasteiger partial charge in [-0.3, -0.25) is 9.59 Å². The molecule has 1 aromatic carbocycles. The Bertz CT molecular complexity index is 885. The van der Waals surface area contributed by atoms with Crippen molar-refractivity contribution in [1.82, 2.24) is 9.47 Å². The average Bonchev–Trinajstić information content (AvgIpc) is 2.90. The first-order chi connectivity index (χ1) is 12.5. The van der Waals surface area contributed by atoms with Crippen LogP contribution < -0.4 is 4.80 Å². The summed E-state index contributed by atoms with van der Waals surface area (Å²) in [6, 6.07) is 6.54. The van der Waals surface area contributed by atoms with Crippen LogP contribution in [0, 0.1) is 6.92 Å². The molecule has 2 aromatic rings. The largest absolute Gasteiger partial charge is 0.339 e. The van der Waals surface area contributed by atoms with E-state index < -0.39 is 0 Å². The predicted octanol–water partition coefficient (Wildman–Crippen LogP) is 3.11. The van der Waals surface area contributed by atoms with Gasteiger partial charge in [0, 0.05) is 19.6 Å². The number of benzene rings is 1. The summed E-state index contributed by atoms with van der Waals surface area (Å²) in [5.74, 6) is 0.538. The maximum atomic E-state index is 12.3. The zero-order valence-electron chi connectivity index (χ0n) is 15.5. The molecule has 0 saturated carbocycles. The van der Waals surface area contributed by atoms with Crippen molar-refractivity contribution in [3.63, 3.8) is 0 Å². The Morgan fingerprint density at radius 2 is 2.12 bits per heavy atom. The molecule has 1 saturated heterocycles. The summed E-state index contributed by atoms with van der Waals surface area (Å²) in [7, 11) is 1.93. The molecule has 1 fully saturated rings. The fourth-order valence-corrected chi connectivity index (χ4v) is 5.08. The number of carbonyl (C=O) groups excluding carboxylic acids is 2. The zero-order valence-corrected chi connectivity index (χ0v) is 17.2. The minimum atomic E-state index is -0.187. The van der Waals surface area contributed by atoms with Gasteiger partial charge < -0.3 is 9.47 Å². The number of fused-ring (bicyclic) bond motifs is 1. The second-order valence-corrected chi connectivity index (χ2v) is 8.84. The Hall–Kier alpha value is -1.60. The number of thioether (sulfide) groups is 1. The summed E-state index contributed by atoms with van der Waals surface area (Å²) in [5.41, 5.74) is 2.27. The van der Waals surface area contributed by atoms with Gasteiger partial charge in [0.15, 0.2) is 4.80 Å². The second kappa shape index (κ2) is 8.39. The SMILES string of the molecule is Cc1ccc2c(c1)sc(=NC(=O)CSCC(=O)N1CCCC[C@@H]1C)n2C. The molecule has 1 aromatic heterocycles. The molecule has 2 amide bonds. The number of carbonyl (C=O) groups is 2. The molecule has 1 aliphatic heterocycles. The first-order valence-electron chi connectivity index (χ1n) is 8.96.